The highest BCUT2D eigenvalue weighted by molar-refractivity contribution is 7.13. The molecule has 100 valence electrons. The first kappa shape index (κ1) is 12.2. The summed E-state index contributed by atoms with van der Waals surface area (Å²) in [4.78, 5) is 18.4. The highest BCUT2D eigenvalue weighted by Crippen LogP contribution is 2.17. The van der Waals surface area contributed by atoms with Crippen molar-refractivity contribution in [2.24, 2.45) is 0 Å². The summed E-state index contributed by atoms with van der Waals surface area (Å²) in [7, 11) is 0. The van der Waals surface area contributed by atoms with Crippen LogP contribution in [0.15, 0.2) is 22.4 Å². The second-order valence-electron chi connectivity index (χ2n) is 4.58. The van der Waals surface area contributed by atoms with Crippen molar-refractivity contribution in [2.75, 3.05) is 23.7 Å². The lowest BCUT2D eigenvalue weighted by Gasteiger charge is -2.16. The lowest BCUT2D eigenvalue weighted by molar-refractivity contribution is 0.629. The lowest BCUT2D eigenvalue weighted by Crippen LogP contribution is -2.26. The zero-order chi connectivity index (χ0) is 13.2. The Kier molecular flexibility index (Phi) is 3.20. The van der Waals surface area contributed by atoms with E-state index in [4.69, 9.17) is 5.73 Å². The Hall–Kier alpha value is -1.89. The van der Waals surface area contributed by atoms with Gasteiger partial charge in [-0.3, -0.25) is 4.79 Å². The molecule has 0 aliphatic carbocycles. The summed E-state index contributed by atoms with van der Waals surface area (Å²) in [6.07, 6.45) is 4.12. The van der Waals surface area contributed by atoms with Crippen LogP contribution in [0.2, 0.25) is 0 Å². The normalized spacial score (nSPS) is 15.1. The second kappa shape index (κ2) is 5.00. The fourth-order valence-electron chi connectivity index (χ4n) is 2.24. The molecule has 0 saturated carbocycles. The summed E-state index contributed by atoms with van der Waals surface area (Å²) in [6, 6.07) is 1.65. The van der Waals surface area contributed by atoms with Gasteiger partial charge >= 0.3 is 0 Å². The van der Waals surface area contributed by atoms with Gasteiger partial charge in [0.05, 0.1) is 24.1 Å². The number of aromatic nitrogens is 3. The van der Waals surface area contributed by atoms with E-state index in [1.54, 1.807) is 12.3 Å². The van der Waals surface area contributed by atoms with Crippen molar-refractivity contribution in [3.8, 4) is 0 Å². The second-order valence-corrected chi connectivity index (χ2v) is 5.47. The summed E-state index contributed by atoms with van der Waals surface area (Å²) >= 11 is 1.37. The molecule has 1 aliphatic rings. The molecule has 0 spiro atoms. The summed E-state index contributed by atoms with van der Waals surface area (Å²) in [6.45, 7) is 2.38. The first-order chi connectivity index (χ1) is 9.22. The molecule has 0 aromatic carbocycles. The van der Waals surface area contributed by atoms with Crippen molar-refractivity contribution in [1.82, 2.24) is 14.8 Å². The van der Waals surface area contributed by atoms with Gasteiger partial charge in [0, 0.05) is 24.5 Å². The first-order valence-electron chi connectivity index (χ1n) is 6.24. The maximum absolute atomic E-state index is 12.0. The van der Waals surface area contributed by atoms with Crippen LogP contribution in [0.4, 0.5) is 10.8 Å². The van der Waals surface area contributed by atoms with E-state index in [1.165, 1.54) is 28.9 Å². The van der Waals surface area contributed by atoms with E-state index < -0.39 is 0 Å². The van der Waals surface area contributed by atoms with Gasteiger partial charge in [0.2, 0.25) is 0 Å². The monoisotopic (exact) mass is 277 g/mol. The molecule has 19 heavy (non-hydrogen) atoms. The molecule has 2 aromatic rings. The van der Waals surface area contributed by atoms with Crippen LogP contribution in [0.3, 0.4) is 0 Å². The molecule has 0 amide bonds. The number of thiazole rings is 1. The Morgan fingerprint density at radius 3 is 2.79 bits per heavy atom. The molecular formula is C12H15N5OS. The molecule has 6 nitrogen and oxygen atoms in total. The quantitative estimate of drug-likeness (QED) is 0.903. The molecule has 0 atom stereocenters. The fourth-order valence-corrected chi connectivity index (χ4v) is 2.79. The fraction of sp³-hybridized carbons (Fsp3) is 0.417. The standard InChI is InChI=1S/C12H15N5OS/c13-12-15-9(8-19-12)7-17-11(18)5-10(6-14-17)16-3-1-2-4-16/h5-6,8H,1-4,7H2,(H2,13,15). The predicted octanol–water partition coefficient (Wildman–Crippen LogP) is 0.930. The maximum Gasteiger partial charge on any atom is 0.269 e. The number of hydrogen-bond acceptors (Lipinski definition) is 6. The molecule has 2 aromatic heterocycles. The minimum absolute atomic E-state index is 0.101. The van der Waals surface area contributed by atoms with Crippen molar-refractivity contribution < 1.29 is 0 Å². The van der Waals surface area contributed by atoms with Gasteiger partial charge in [-0.2, -0.15) is 5.10 Å². The van der Waals surface area contributed by atoms with Crippen molar-refractivity contribution in [3.05, 3.63) is 33.7 Å². The highest BCUT2D eigenvalue weighted by Gasteiger charge is 2.13. The summed E-state index contributed by atoms with van der Waals surface area (Å²) < 4.78 is 1.41. The largest absolute Gasteiger partial charge is 0.375 e. The van der Waals surface area contributed by atoms with E-state index in [2.05, 4.69) is 15.0 Å². The van der Waals surface area contributed by atoms with E-state index in [0.717, 1.165) is 24.5 Å². The molecule has 1 fully saturated rings. The van der Waals surface area contributed by atoms with Gasteiger partial charge in [-0.25, -0.2) is 9.67 Å². The van der Waals surface area contributed by atoms with Gasteiger partial charge in [-0.05, 0) is 12.8 Å². The third kappa shape index (κ3) is 2.60. The predicted molar refractivity (Wildman–Crippen MR) is 75.6 cm³/mol. The Morgan fingerprint density at radius 2 is 2.16 bits per heavy atom. The van der Waals surface area contributed by atoms with Gasteiger partial charge in [-0.1, -0.05) is 0 Å². The highest BCUT2D eigenvalue weighted by atomic mass is 32.1. The van der Waals surface area contributed by atoms with E-state index >= 15 is 0 Å². The number of nitrogens with two attached hydrogens (primary N) is 1. The van der Waals surface area contributed by atoms with Crippen LogP contribution in [-0.4, -0.2) is 27.9 Å². The summed E-state index contributed by atoms with van der Waals surface area (Å²) in [5.74, 6) is 0. The average Bonchev–Trinajstić information content (AvgIpc) is 3.03. The Bertz CT molecular complexity index is 629. The van der Waals surface area contributed by atoms with Crippen molar-refractivity contribution in [2.45, 2.75) is 19.4 Å². The average molecular weight is 277 g/mol. The number of nitrogen functional groups attached to an aromatic ring is 1. The summed E-state index contributed by atoms with van der Waals surface area (Å²) in [5, 5.41) is 6.57. The molecule has 2 N–H and O–H groups in total. The molecule has 0 bridgehead atoms. The van der Waals surface area contributed by atoms with Crippen molar-refractivity contribution >= 4 is 22.2 Å². The topological polar surface area (TPSA) is 77.0 Å². The minimum atomic E-state index is -0.101. The van der Waals surface area contributed by atoms with E-state index in [9.17, 15) is 4.79 Å². The molecule has 1 saturated heterocycles. The summed E-state index contributed by atoms with van der Waals surface area (Å²) in [5.41, 5.74) is 7.15. The zero-order valence-electron chi connectivity index (χ0n) is 10.5. The van der Waals surface area contributed by atoms with Crippen LogP contribution >= 0.6 is 11.3 Å². The molecule has 7 heteroatoms. The van der Waals surface area contributed by atoms with Crippen LogP contribution in [-0.2, 0) is 6.54 Å². The van der Waals surface area contributed by atoms with Gasteiger partial charge in [0.15, 0.2) is 5.13 Å². The Labute approximate surface area is 114 Å². The van der Waals surface area contributed by atoms with Gasteiger partial charge in [0.25, 0.3) is 5.56 Å². The number of anilines is 2. The van der Waals surface area contributed by atoms with E-state index in [0.29, 0.717) is 11.7 Å². The Balaban J connectivity index is 1.81. The van der Waals surface area contributed by atoms with Crippen LogP contribution in [0.25, 0.3) is 0 Å². The van der Waals surface area contributed by atoms with Crippen LogP contribution in [0.1, 0.15) is 18.5 Å². The van der Waals surface area contributed by atoms with Crippen LogP contribution < -0.4 is 16.2 Å². The third-order valence-corrected chi connectivity index (χ3v) is 3.93. The Morgan fingerprint density at radius 1 is 1.37 bits per heavy atom. The number of hydrogen-bond donors (Lipinski definition) is 1. The van der Waals surface area contributed by atoms with E-state index in [-0.39, 0.29) is 5.56 Å². The van der Waals surface area contributed by atoms with Gasteiger partial charge in [-0.15, -0.1) is 11.3 Å². The van der Waals surface area contributed by atoms with Crippen LogP contribution in [0, 0.1) is 0 Å². The lowest BCUT2D eigenvalue weighted by atomic mass is 10.4. The maximum atomic E-state index is 12.0. The molecular weight excluding hydrogens is 262 g/mol. The SMILES string of the molecule is Nc1nc(Cn2ncc(N3CCCC3)cc2=O)cs1. The molecule has 3 rings (SSSR count). The number of nitrogens with zero attached hydrogens (tertiary/aromatic N) is 4. The van der Waals surface area contributed by atoms with Crippen molar-refractivity contribution in [1.29, 1.82) is 0 Å². The van der Waals surface area contributed by atoms with Gasteiger partial charge < -0.3 is 10.6 Å². The van der Waals surface area contributed by atoms with E-state index in [1.807, 2.05) is 5.38 Å². The number of rotatable bonds is 3. The zero-order valence-corrected chi connectivity index (χ0v) is 11.3. The third-order valence-electron chi connectivity index (χ3n) is 3.21. The minimum Gasteiger partial charge on any atom is -0.375 e. The molecule has 1 aliphatic heterocycles. The van der Waals surface area contributed by atoms with Crippen LogP contribution in [0.5, 0.6) is 0 Å². The van der Waals surface area contributed by atoms with Crippen molar-refractivity contribution in [3.63, 3.8) is 0 Å². The molecule has 0 unspecified atom stereocenters. The smallest absolute Gasteiger partial charge is 0.269 e. The molecule has 3 heterocycles. The molecule has 0 radical (unpaired) electrons. The first-order valence-corrected chi connectivity index (χ1v) is 7.12. The van der Waals surface area contributed by atoms with Gasteiger partial charge in [0.1, 0.15) is 0 Å².